The van der Waals surface area contributed by atoms with Crippen LogP contribution in [0.25, 0.3) is 0 Å². The first-order chi connectivity index (χ1) is 13.8. The molecular weight excluding hydrogens is 419 g/mol. The lowest BCUT2D eigenvalue weighted by Crippen LogP contribution is -2.37. The van der Waals surface area contributed by atoms with Crippen LogP contribution in [0.3, 0.4) is 0 Å². The van der Waals surface area contributed by atoms with E-state index in [1.807, 2.05) is 4.90 Å². The molecule has 2 aromatic rings. The second-order valence-electron chi connectivity index (χ2n) is 6.76. The molecule has 1 aliphatic heterocycles. The average molecular weight is 441 g/mol. The summed E-state index contributed by atoms with van der Waals surface area (Å²) in [6, 6.07) is 9.35. The lowest BCUT2D eigenvalue weighted by atomic mass is 10.0. The predicted octanol–water partition coefficient (Wildman–Crippen LogP) is 3.38. The van der Waals surface area contributed by atoms with Crippen molar-refractivity contribution in [3.63, 3.8) is 0 Å². The molecular formula is C20H22ClFN2O4S. The molecule has 0 radical (unpaired) electrons. The Labute approximate surface area is 174 Å². The van der Waals surface area contributed by atoms with Crippen LogP contribution in [0.2, 0.25) is 5.02 Å². The van der Waals surface area contributed by atoms with Gasteiger partial charge in [-0.2, -0.15) is 0 Å². The molecule has 1 heterocycles. The van der Waals surface area contributed by atoms with Crippen molar-refractivity contribution in [3.05, 3.63) is 64.4 Å². The summed E-state index contributed by atoms with van der Waals surface area (Å²) >= 11 is 6.24. The molecule has 1 unspecified atom stereocenters. The molecule has 1 aliphatic rings. The van der Waals surface area contributed by atoms with Crippen LogP contribution in [0, 0.1) is 5.82 Å². The highest BCUT2D eigenvalue weighted by molar-refractivity contribution is 7.89. The first-order valence-corrected chi connectivity index (χ1v) is 11.1. The van der Waals surface area contributed by atoms with Gasteiger partial charge in [0.15, 0.2) is 0 Å². The van der Waals surface area contributed by atoms with Crippen LogP contribution >= 0.6 is 11.6 Å². The van der Waals surface area contributed by atoms with Crippen molar-refractivity contribution in [2.24, 2.45) is 0 Å². The van der Waals surface area contributed by atoms with E-state index in [0.29, 0.717) is 5.56 Å². The van der Waals surface area contributed by atoms with Gasteiger partial charge in [0.25, 0.3) is 0 Å². The molecule has 29 heavy (non-hydrogen) atoms. The summed E-state index contributed by atoms with van der Waals surface area (Å²) in [7, 11) is -2.61. The second-order valence-corrected chi connectivity index (χ2v) is 8.94. The normalized spacial score (nSPS) is 16.0. The first-order valence-electron chi connectivity index (χ1n) is 9.19. The Kier molecular flexibility index (Phi) is 6.89. The van der Waals surface area contributed by atoms with Gasteiger partial charge in [0.05, 0.1) is 23.6 Å². The number of nitrogens with zero attached hydrogens (tertiary/aromatic N) is 1. The zero-order chi connectivity index (χ0) is 21.0. The van der Waals surface area contributed by atoms with Crippen LogP contribution in [0.1, 0.15) is 34.8 Å². The number of carbonyl (C=O) groups excluding carboxylic acids is 1. The van der Waals surface area contributed by atoms with E-state index < -0.39 is 27.9 Å². The molecule has 0 spiro atoms. The van der Waals surface area contributed by atoms with E-state index in [9.17, 15) is 17.6 Å². The van der Waals surface area contributed by atoms with Gasteiger partial charge in [0.1, 0.15) is 5.82 Å². The van der Waals surface area contributed by atoms with Gasteiger partial charge in [-0.1, -0.05) is 17.7 Å². The zero-order valence-corrected chi connectivity index (χ0v) is 17.5. The highest BCUT2D eigenvalue weighted by Crippen LogP contribution is 2.32. The average Bonchev–Trinajstić information content (AvgIpc) is 3.24. The van der Waals surface area contributed by atoms with Crippen molar-refractivity contribution in [2.75, 3.05) is 26.7 Å². The first kappa shape index (κ1) is 21.7. The number of benzene rings is 2. The van der Waals surface area contributed by atoms with Gasteiger partial charge in [0, 0.05) is 17.1 Å². The monoisotopic (exact) mass is 440 g/mol. The van der Waals surface area contributed by atoms with Gasteiger partial charge in [-0.15, -0.1) is 0 Å². The maximum absolute atomic E-state index is 14.5. The molecule has 6 nitrogen and oxygen atoms in total. The third-order valence-corrected chi connectivity index (χ3v) is 6.74. The van der Waals surface area contributed by atoms with Crippen molar-refractivity contribution in [1.82, 2.24) is 9.62 Å². The van der Waals surface area contributed by atoms with Crippen molar-refractivity contribution in [1.29, 1.82) is 0 Å². The molecule has 156 valence electrons. The minimum atomic E-state index is -3.86. The smallest absolute Gasteiger partial charge is 0.337 e. The maximum atomic E-state index is 14.5. The molecule has 1 fully saturated rings. The fourth-order valence-electron chi connectivity index (χ4n) is 3.46. The van der Waals surface area contributed by atoms with Crippen molar-refractivity contribution in [2.45, 2.75) is 23.8 Å². The topological polar surface area (TPSA) is 75.7 Å². The number of ether oxygens (including phenoxy) is 1. The number of likely N-dealkylation sites (tertiary alicyclic amines) is 1. The maximum Gasteiger partial charge on any atom is 0.337 e. The van der Waals surface area contributed by atoms with Crippen LogP contribution in [0.4, 0.5) is 4.39 Å². The Hall–Kier alpha value is -2.00. The van der Waals surface area contributed by atoms with Crippen molar-refractivity contribution >= 4 is 27.6 Å². The lowest BCUT2D eigenvalue weighted by Gasteiger charge is -2.29. The summed E-state index contributed by atoms with van der Waals surface area (Å²) in [4.78, 5) is 13.6. The standard InChI is InChI=1S/C20H22ClFN2O4S/c1-28-20(25)14-7-9-15(10-8-14)29(26,27)23-13-18(24-11-2-3-12-24)19-16(21)5-4-6-17(19)22/h4-10,18,23H,2-3,11-13H2,1H3. The Morgan fingerprint density at radius 2 is 1.86 bits per heavy atom. The Morgan fingerprint density at radius 3 is 2.45 bits per heavy atom. The highest BCUT2D eigenvalue weighted by atomic mass is 35.5. The molecule has 0 aromatic heterocycles. The zero-order valence-electron chi connectivity index (χ0n) is 15.9. The van der Waals surface area contributed by atoms with Gasteiger partial charge in [-0.05, 0) is 62.3 Å². The molecule has 1 saturated heterocycles. The third-order valence-electron chi connectivity index (χ3n) is 4.97. The Morgan fingerprint density at radius 1 is 1.21 bits per heavy atom. The van der Waals surface area contributed by atoms with Crippen LogP contribution in [-0.2, 0) is 14.8 Å². The Balaban J connectivity index is 1.82. The molecule has 0 saturated carbocycles. The van der Waals surface area contributed by atoms with E-state index in [2.05, 4.69) is 9.46 Å². The summed E-state index contributed by atoms with van der Waals surface area (Å²) in [6.45, 7) is 1.46. The molecule has 1 atom stereocenters. The van der Waals surface area contributed by atoms with Gasteiger partial charge >= 0.3 is 5.97 Å². The SMILES string of the molecule is COC(=O)c1ccc(S(=O)(=O)NCC(c2c(F)cccc2Cl)N2CCCC2)cc1. The van der Waals surface area contributed by atoms with E-state index >= 15 is 0 Å². The molecule has 1 N–H and O–H groups in total. The highest BCUT2D eigenvalue weighted by Gasteiger charge is 2.29. The lowest BCUT2D eigenvalue weighted by molar-refractivity contribution is 0.0600. The molecule has 0 amide bonds. The summed E-state index contributed by atoms with van der Waals surface area (Å²) in [5, 5.41) is 0.267. The molecule has 0 aliphatic carbocycles. The number of halogens is 2. The number of rotatable bonds is 7. The quantitative estimate of drug-likeness (QED) is 0.668. The molecule has 2 aromatic carbocycles. The van der Waals surface area contributed by atoms with Gasteiger partial charge in [0.2, 0.25) is 10.0 Å². The van der Waals surface area contributed by atoms with E-state index in [1.165, 1.54) is 43.5 Å². The van der Waals surface area contributed by atoms with Crippen molar-refractivity contribution < 1.29 is 22.3 Å². The number of esters is 1. The molecule has 3 rings (SSSR count). The van der Waals surface area contributed by atoms with Crippen LogP contribution in [0.15, 0.2) is 47.4 Å². The van der Waals surface area contributed by atoms with E-state index in [1.54, 1.807) is 6.07 Å². The van der Waals surface area contributed by atoms with Gasteiger partial charge in [-0.25, -0.2) is 22.3 Å². The molecule has 0 bridgehead atoms. The fraction of sp³-hybridized carbons (Fsp3) is 0.350. The largest absolute Gasteiger partial charge is 0.465 e. The summed E-state index contributed by atoms with van der Waals surface area (Å²) in [6.07, 6.45) is 1.93. The summed E-state index contributed by atoms with van der Waals surface area (Å²) in [5.41, 5.74) is 0.541. The minimum absolute atomic E-state index is 0.00459. The number of hydrogen-bond donors (Lipinski definition) is 1. The van der Waals surface area contributed by atoms with Crippen LogP contribution in [-0.4, -0.2) is 46.0 Å². The number of hydrogen-bond acceptors (Lipinski definition) is 5. The van der Waals surface area contributed by atoms with Crippen LogP contribution < -0.4 is 4.72 Å². The summed E-state index contributed by atoms with van der Waals surface area (Å²) < 4.78 is 47.1. The second kappa shape index (κ2) is 9.21. The van der Waals surface area contributed by atoms with E-state index in [0.717, 1.165) is 25.9 Å². The van der Waals surface area contributed by atoms with Gasteiger partial charge < -0.3 is 4.74 Å². The minimum Gasteiger partial charge on any atom is -0.465 e. The summed E-state index contributed by atoms with van der Waals surface area (Å²) in [5.74, 6) is -1.01. The van der Waals surface area contributed by atoms with E-state index in [4.69, 9.17) is 11.6 Å². The number of sulfonamides is 1. The Bertz CT molecular complexity index is 956. The molecule has 9 heteroatoms. The predicted molar refractivity (Wildman–Crippen MR) is 108 cm³/mol. The van der Waals surface area contributed by atoms with E-state index in [-0.39, 0.29) is 22.0 Å². The third kappa shape index (κ3) is 4.95. The number of methoxy groups -OCH3 is 1. The fourth-order valence-corrected chi connectivity index (χ4v) is 4.78. The number of nitrogens with one attached hydrogen (secondary N) is 1. The van der Waals surface area contributed by atoms with Crippen LogP contribution in [0.5, 0.6) is 0 Å². The number of carbonyl (C=O) groups is 1. The van der Waals surface area contributed by atoms with Crippen molar-refractivity contribution in [3.8, 4) is 0 Å². The van der Waals surface area contributed by atoms with Gasteiger partial charge in [-0.3, -0.25) is 4.90 Å².